The molecule has 0 amide bonds. The number of ether oxygens (including phenoxy) is 1. The van der Waals surface area contributed by atoms with Gasteiger partial charge in [-0.05, 0) is 24.0 Å². The summed E-state index contributed by atoms with van der Waals surface area (Å²) in [5.41, 5.74) is -1.10. The molecule has 1 saturated carbocycles. The minimum atomic E-state index is -1.12. The highest BCUT2D eigenvalue weighted by Gasteiger charge is 2.80. The fraction of sp³-hybridized carbons (Fsp3) is 0.556. The smallest absolute Gasteiger partial charge is 0.312 e. The summed E-state index contributed by atoms with van der Waals surface area (Å²) in [7, 11) is 0. The molecule has 1 aliphatic carbocycles. The van der Waals surface area contributed by atoms with Crippen molar-refractivity contribution in [2.75, 3.05) is 26.2 Å². The van der Waals surface area contributed by atoms with Gasteiger partial charge in [0.05, 0.1) is 10.8 Å². The Hall–Kier alpha value is -2.08. The molecule has 2 atom stereocenters. The van der Waals surface area contributed by atoms with Crippen LogP contribution in [0.15, 0.2) is 24.3 Å². The van der Waals surface area contributed by atoms with Gasteiger partial charge in [0.2, 0.25) is 0 Å². The highest BCUT2D eigenvalue weighted by Crippen LogP contribution is 2.68. The van der Waals surface area contributed by atoms with E-state index in [1.807, 2.05) is 29.2 Å². The van der Waals surface area contributed by atoms with E-state index in [1.165, 1.54) is 0 Å². The lowest BCUT2D eigenvalue weighted by molar-refractivity contribution is -0.151. The van der Waals surface area contributed by atoms with Crippen LogP contribution in [0.1, 0.15) is 31.7 Å². The van der Waals surface area contributed by atoms with Crippen molar-refractivity contribution in [3.63, 3.8) is 0 Å². The molecule has 6 nitrogen and oxygen atoms in total. The molecule has 2 N–H and O–H groups in total. The van der Waals surface area contributed by atoms with Crippen LogP contribution >= 0.6 is 0 Å². The van der Waals surface area contributed by atoms with Gasteiger partial charge in [0.25, 0.3) is 0 Å². The van der Waals surface area contributed by atoms with Gasteiger partial charge in [-0.3, -0.25) is 14.5 Å². The third-order valence-corrected chi connectivity index (χ3v) is 5.41. The molecule has 2 fully saturated rings. The van der Waals surface area contributed by atoms with Crippen LogP contribution in [0.5, 0.6) is 5.75 Å². The van der Waals surface area contributed by atoms with Crippen LogP contribution in [0.4, 0.5) is 0 Å². The molecule has 3 rings (SSSR count). The van der Waals surface area contributed by atoms with Gasteiger partial charge in [0.15, 0.2) is 0 Å². The molecular formula is C18H23NO5. The fourth-order valence-corrected chi connectivity index (χ4v) is 3.93. The Kier molecular flexibility index (Phi) is 4.03. The first-order valence-electron chi connectivity index (χ1n) is 8.23. The van der Waals surface area contributed by atoms with E-state index in [0.29, 0.717) is 19.1 Å². The van der Waals surface area contributed by atoms with Crippen LogP contribution in [-0.2, 0) is 9.59 Å². The molecule has 0 unspecified atom stereocenters. The summed E-state index contributed by atoms with van der Waals surface area (Å²) in [5, 5.41) is 18.9. The topological polar surface area (TPSA) is 87.1 Å². The van der Waals surface area contributed by atoms with Crippen LogP contribution in [0, 0.1) is 10.8 Å². The summed E-state index contributed by atoms with van der Waals surface area (Å²) in [6, 6.07) is 7.85. The molecular weight excluding hydrogens is 310 g/mol. The zero-order chi connectivity index (χ0) is 17.5. The number of likely N-dealkylation sites (tertiary alicyclic amines) is 1. The van der Waals surface area contributed by atoms with Crippen LogP contribution < -0.4 is 4.74 Å². The second-order valence-electron chi connectivity index (χ2n) is 7.20. The fourth-order valence-electron chi connectivity index (χ4n) is 3.93. The van der Waals surface area contributed by atoms with Crippen molar-refractivity contribution in [2.24, 2.45) is 10.8 Å². The first-order valence-corrected chi connectivity index (χ1v) is 8.23. The highest BCUT2D eigenvalue weighted by molar-refractivity contribution is 5.94. The van der Waals surface area contributed by atoms with Crippen molar-refractivity contribution in [1.29, 1.82) is 0 Å². The van der Waals surface area contributed by atoms with Gasteiger partial charge in [-0.1, -0.05) is 32.0 Å². The quantitative estimate of drug-likeness (QED) is 0.794. The van der Waals surface area contributed by atoms with Crippen molar-refractivity contribution >= 4 is 11.9 Å². The van der Waals surface area contributed by atoms with Crippen LogP contribution in [0.2, 0.25) is 0 Å². The lowest BCUT2D eigenvalue weighted by atomic mass is 9.97. The zero-order valence-corrected chi connectivity index (χ0v) is 14.0. The van der Waals surface area contributed by atoms with Crippen LogP contribution in [0.3, 0.4) is 0 Å². The van der Waals surface area contributed by atoms with E-state index in [2.05, 4.69) is 13.8 Å². The van der Waals surface area contributed by atoms with E-state index in [9.17, 15) is 19.8 Å². The normalized spacial score (nSPS) is 28.6. The number of carboxylic acids is 2. The number of nitrogens with zero attached hydrogens (tertiary/aromatic N) is 1. The third-order valence-electron chi connectivity index (χ3n) is 5.41. The zero-order valence-electron chi connectivity index (χ0n) is 14.0. The molecule has 2 aliphatic rings. The van der Waals surface area contributed by atoms with Gasteiger partial charge in [0, 0.05) is 19.6 Å². The maximum atomic E-state index is 11.5. The van der Waals surface area contributed by atoms with Crippen LogP contribution in [-0.4, -0.2) is 53.3 Å². The van der Waals surface area contributed by atoms with E-state index in [4.69, 9.17) is 4.74 Å². The number of piperidine rings is 1. The molecule has 0 spiro atoms. The lowest BCUT2D eigenvalue weighted by Gasteiger charge is -2.20. The van der Waals surface area contributed by atoms with E-state index in [-0.39, 0.29) is 19.5 Å². The van der Waals surface area contributed by atoms with Gasteiger partial charge in [0.1, 0.15) is 12.4 Å². The Labute approximate surface area is 141 Å². The number of fused-ring (bicyclic) bond motifs is 1. The Bertz CT molecular complexity index is 645. The second kappa shape index (κ2) is 5.77. The van der Waals surface area contributed by atoms with E-state index in [0.717, 1.165) is 11.3 Å². The Morgan fingerprint density at radius 2 is 1.75 bits per heavy atom. The van der Waals surface area contributed by atoms with Gasteiger partial charge in [-0.2, -0.15) is 0 Å². The predicted octanol–water partition coefficient (Wildman–Crippen LogP) is 2.05. The molecule has 1 heterocycles. The molecule has 1 saturated heterocycles. The predicted molar refractivity (Wildman–Crippen MR) is 87.2 cm³/mol. The standard InChI is InChI=1S/C18H23NO5/c1-12(2)13-5-3-4-6-14(13)24-8-7-19-10-17(15(20)21)9-18(17,11-19)16(22)23/h3-6,12H,7-11H2,1-2H3,(H,20,21)(H,22,23)/t17-,18+. The largest absolute Gasteiger partial charge is 0.492 e. The minimum absolute atomic E-state index is 0.234. The molecule has 1 aromatic rings. The molecule has 0 bridgehead atoms. The van der Waals surface area contributed by atoms with Crippen LogP contribution in [0.25, 0.3) is 0 Å². The summed E-state index contributed by atoms with van der Waals surface area (Å²) >= 11 is 0. The average Bonchev–Trinajstić information content (AvgIpc) is 3.07. The Morgan fingerprint density at radius 3 is 2.29 bits per heavy atom. The maximum Gasteiger partial charge on any atom is 0.312 e. The van der Waals surface area contributed by atoms with E-state index in [1.54, 1.807) is 0 Å². The number of hydrogen-bond donors (Lipinski definition) is 2. The molecule has 1 aliphatic heterocycles. The van der Waals surface area contributed by atoms with Crippen molar-refractivity contribution in [3.05, 3.63) is 29.8 Å². The van der Waals surface area contributed by atoms with Gasteiger partial charge >= 0.3 is 11.9 Å². The summed E-state index contributed by atoms with van der Waals surface area (Å²) in [6.07, 6.45) is 0.234. The van der Waals surface area contributed by atoms with Crippen molar-refractivity contribution in [3.8, 4) is 5.75 Å². The summed E-state index contributed by atoms with van der Waals surface area (Å²) in [5.74, 6) is -0.819. The van der Waals surface area contributed by atoms with Crippen molar-refractivity contribution < 1.29 is 24.5 Å². The third kappa shape index (κ3) is 2.45. The Morgan fingerprint density at radius 1 is 1.17 bits per heavy atom. The first kappa shape index (κ1) is 16.8. The lowest BCUT2D eigenvalue weighted by Crippen LogP contribution is -2.32. The molecule has 130 valence electrons. The number of hydrogen-bond acceptors (Lipinski definition) is 4. The highest BCUT2D eigenvalue weighted by atomic mass is 16.5. The van der Waals surface area contributed by atoms with Crippen molar-refractivity contribution in [2.45, 2.75) is 26.2 Å². The van der Waals surface area contributed by atoms with E-state index < -0.39 is 22.8 Å². The van der Waals surface area contributed by atoms with Gasteiger partial charge in [-0.25, -0.2) is 0 Å². The summed E-state index contributed by atoms with van der Waals surface area (Å²) in [6.45, 7) is 5.70. The number of rotatable bonds is 7. The first-order chi connectivity index (χ1) is 11.3. The van der Waals surface area contributed by atoms with Gasteiger partial charge in [-0.15, -0.1) is 0 Å². The number of carbonyl (C=O) groups is 2. The minimum Gasteiger partial charge on any atom is -0.492 e. The van der Waals surface area contributed by atoms with E-state index >= 15 is 0 Å². The molecule has 24 heavy (non-hydrogen) atoms. The number of para-hydroxylation sites is 1. The monoisotopic (exact) mass is 333 g/mol. The molecule has 1 aromatic carbocycles. The molecule has 0 radical (unpaired) electrons. The number of carboxylic acid groups (broad SMARTS) is 2. The molecule has 6 heteroatoms. The molecule has 0 aromatic heterocycles. The SMILES string of the molecule is CC(C)c1ccccc1OCCN1C[C@@]2(C(=O)O)C[C@@]2(C(=O)O)C1. The van der Waals surface area contributed by atoms with Gasteiger partial charge < -0.3 is 14.9 Å². The average molecular weight is 333 g/mol. The number of aliphatic carboxylic acids is 2. The maximum absolute atomic E-state index is 11.5. The Balaban J connectivity index is 1.60. The number of benzene rings is 1. The summed E-state index contributed by atoms with van der Waals surface area (Å²) in [4.78, 5) is 24.9. The second-order valence-corrected chi connectivity index (χ2v) is 7.20. The van der Waals surface area contributed by atoms with Crippen molar-refractivity contribution in [1.82, 2.24) is 4.90 Å². The summed E-state index contributed by atoms with van der Waals surface area (Å²) < 4.78 is 5.86.